The maximum absolute atomic E-state index is 12.2. The van der Waals surface area contributed by atoms with Crippen molar-refractivity contribution in [3.05, 3.63) is 35.9 Å². The number of aliphatic carboxylic acids is 1. The zero-order chi connectivity index (χ0) is 20.7. The number of hydrogen-bond donors (Lipinski definition) is 3. The molecule has 0 radical (unpaired) electrons. The molecule has 1 aliphatic carbocycles. The molecular formula is C20H28N2O6. The minimum absolute atomic E-state index is 0.126. The SMILES string of the molecule is CC(C)(C)OC(=O)N[C@@H]1CC(C(=O)O)CC[C@@H]1NC(=O)OCc1ccccc1. The summed E-state index contributed by atoms with van der Waals surface area (Å²) in [4.78, 5) is 35.6. The topological polar surface area (TPSA) is 114 Å². The molecule has 2 rings (SSSR count). The molecule has 1 unspecified atom stereocenters. The summed E-state index contributed by atoms with van der Waals surface area (Å²) in [6.45, 7) is 5.35. The monoisotopic (exact) mass is 392 g/mol. The van der Waals surface area contributed by atoms with E-state index in [4.69, 9.17) is 9.47 Å². The van der Waals surface area contributed by atoms with Crippen molar-refractivity contribution in [1.29, 1.82) is 0 Å². The molecule has 8 heteroatoms. The number of amides is 2. The van der Waals surface area contributed by atoms with Crippen LogP contribution in [0.4, 0.5) is 9.59 Å². The Balaban J connectivity index is 1.95. The predicted molar refractivity (Wildman–Crippen MR) is 102 cm³/mol. The van der Waals surface area contributed by atoms with Crippen molar-refractivity contribution in [2.45, 2.75) is 64.3 Å². The van der Waals surface area contributed by atoms with Gasteiger partial charge in [-0.05, 0) is 45.6 Å². The third kappa shape index (κ3) is 7.09. The maximum Gasteiger partial charge on any atom is 0.407 e. The van der Waals surface area contributed by atoms with E-state index in [-0.39, 0.29) is 13.0 Å². The third-order valence-electron chi connectivity index (χ3n) is 4.42. The third-order valence-corrected chi connectivity index (χ3v) is 4.42. The second-order valence-electron chi connectivity index (χ2n) is 7.91. The van der Waals surface area contributed by atoms with E-state index in [0.717, 1.165) is 5.56 Å². The van der Waals surface area contributed by atoms with E-state index in [1.165, 1.54) is 0 Å². The Bertz CT molecular complexity index is 686. The first-order valence-corrected chi connectivity index (χ1v) is 9.33. The molecule has 0 bridgehead atoms. The zero-order valence-electron chi connectivity index (χ0n) is 16.4. The molecule has 0 heterocycles. The molecule has 0 aromatic heterocycles. The Labute approximate surface area is 164 Å². The van der Waals surface area contributed by atoms with E-state index in [1.807, 2.05) is 30.3 Å². The Morgan fingerprint density at radius 1 is 1.04 bits per heavy atom. The molecule has 0 spiro atoms. The van der Waals surface area contributed by atoms with Crippen LogP contribution < -0.4 is 10.6 Å². The van der Waals surface area contributed by atoms with Gasteiger partial charge in [0.05, 0.1) is 18.0 Å². The van der Waals surface area contributed by atoms with E-state index in [2.05, 4.69) is 10.6 Å². The molecule has 1 saturated carbocycles. The summed E-state index contributed by atoms with van der Waals surface area (Å²) in [7, 11) is 0. The molecule has 154 valence electrons. The normalized spacial score (nSPS) is 22.0. The van der Waals surface area contributed by atoms with Crippen LogP contribution in [-0.4, -0.2) is 40.9 Å². The van der Waals surface area contributed by atoms with Crippen LogP contribution >= 0.6 is 0 Å². The van der Waals surface area contributed by atoms with E-state index >= 15 is 0 Å². The summed E-state index contributed by atoms with van der Waals surface area (Å²) < 4.78 is 10.5. The highest BCUT2D eigenvalue weighted by Crippen LogP contribution is 2.25. The first-order chi connectivity index (χ1) is 13.1. The van der Waals surface area contributed by atoms with Crippen LogP contribution in [0.1, 0.15) is 45.6 Å². The van der Waals surface area contributed by atoms with Gasteiger partial charge in [0.25, 0.3) is 0 Å². The number of ether oxygens (including phenoxy) is 2. The fourth-order valence-electron chi connectivity index (χ4n) is 3.10. The van der Waals surface area contributed by atoms with Gasteiger partial charge in [-0.1, -0.05) is 30.3 Å². The fourth-order valence-corrected chi connectivity index (χ4v) is 3.10. The fraction of sp³-hybridized carbons (Fsp3) is 0.550. The van der Waals surface area contributed by atoms with Crippen LogP contribution in [-0.2, 0) is 20.9 Å². The number of carbonyl (C=O) groups excluding carboxylic acids is 2. The summed E-state index contributed by atoms with van der Waals surface area (Å²) in [6, 6.07) is 8.27. The van der Waals surface area contributed by atoms with Crippen molar-refractivity contribution in [3.63, 3.8) is 0 Å². The van der Waals surface area contributed by atoms with Crippen molar-refractivity contribution in [3.8, 4) is 0 Å². The minimum Gasteiger partial charge on any atom is -0.481 e. The van der Waals surface area contributed by atoms with Gasteiger partial charge < -0.3 is 25.2 Å². The van der Waals surface area contributed by atoms with Gasteiger partial charge in [0.15, 0.2) is 0 Å². The van der Waals surface area contributed by atoms with Crippen molar-refractivity contribution < 1.29 is 29.0 Å². The Morgan fingerprint density at radius 3 is 2.29 bits per heavy atom. The quantitative estimate of drug-likeness (QED) is 0.710. The predicted octanol–water partition coefficient (Wildman–Crippen LogP) is 3.06. The first kappa shape index (κ1) is 21.5. The number of benzene rings is 1. The van der Waals surface area contributed by atoms with Gasteiger partial charge in [0, 0.05) is 0 Å². The molecule has 8 nitrogen and oxygen atoms in total. The molecule has 1 aromatic rings. The van der Waals surface area contributed by atoms with Crippen LogP contribution in [0.2, 0.25) is 0 Å². The molecule has 1 aromatic carbocycles. The van der Waals surface area contributed by atoms with Gasteiger partial charge in [0.2, 0.25) is 0 Å². The number of nitrogens with one attached hydrogen (secondary N) is 2. The van der Waals surface area contributed by atoms with E-state index in [0.29, 0.717) is 12.8 Å². The number of carboxylic acids is 1. The van der Waals surface area contributed by atoms with Gasteiger partial charge in [-0.2, -0.15) is 0 Å². The Hall–Kier alpha value is -2.77. The van der Waals surface area contributed by atoms with Gasteiger partial charge in [-0.25, -0.2) is 9.59 Å². The summed E-state index contributed by atoms with van der Waals surface area (Å²) in [5.41, 5.74) is 0.179. The molecule has 0 aliphatic heterocycles. The molecule has 1 aliphatic rings. The lowest BCUT2D eigenvalue weighted by Crippen LogP contribution is -2.55. The molecule has 3 N–H and O–H groups in total. The second-order valence-corrected chi connectivity index (χ2v) is 7.91. The number of carboxylic acid groups (broad SMARTS) is 1. The van der Waals surface area contributed by atoms with Crippen molar-refractivity contribution in [1.82, 2.24) is 10.6 Å². The number of hydrogen-bond acceptors (Lipinski definition) is 5. The summed E-state index contributed by atoms with van der Waals surface area (Å²) >= 11 is 0. The highest BCUT2D eigenvalue weighted by Gasteiger charge is 2.36. The largest absolute Gasteiger partial charge is 0.481 e. The summed E-state index contributed by atoms with van der Waals surface area (Å²) in [6.07, 6.45) is -0.228. The van der Waals surface area contributed by atoms with Crippen LogP contribution in [0, 0.1) is 5.92 Å². The van der Waals surface area contributed by atoms with Gasteiger partial charge in [0.1, 0.15) is 12.2 Å². The Morgan fingerprint density at radius 2 is 1.68 bits per heavy atom. The van der Waals surface area contributed by atoms with Crippen LogP contribution in [0.25, 0.3) is 0 Å². The van der Waals surface area contributed by atoms with Gasteiger partial charge >= 0.3 is 18.2 Å². The van der Waals surface area contributed by atoms with E-state index in [1.54, 1.807) is 20.8 Å². The van der Waals surface area contributed by atoms with Crippen molar-refractivity contribution in [2.75, 3.05) is 0 Å². The summed E-state index contributed by atoms with van der Waals surface area (Å²) in [5.74, 6) is -1.50. The first-order valence-electron chi connectivity index (χ1n) is 9.33. The van der Waals surface area contributed by atoms with Gasteiger partial charge in [-0.15, -0.1) is 0 Å². The minimum atomic E-state index is -0.916. The standard InChI is InChI=1S/C20H28N2O6/c1-20(2,3)28-19(26)22-16-11-14(17(23)24)9-10-15(16)21-18(25)27-12-13-7-5-4-6-8-13/h4-8,14-16H,9-12H2,1-3H3,(H,21,25)(H,22,26)(H,23,24)/t14?,15-,16+/m0/s1. The zero-order valence-corrected chi connectivity index (χ0v) is 16.4. The number of rotatable bonds is 5. The average Bonchev–Trinajstić information content (AvgIpc) is 2.60. The Kier molecular flexibility index (Phi) is 7.25. The van der Waals surface area contributed by atoms with E-state index in [9.17, 15) is 19.5 Å². The lowest BCUT2D eigenvalue weighted by Gasteiger charge is -2.35. The lowest BCUT2D eigenvalue weighted by atomic mass is 9.82. The highest BCUT2D eigenvalue weighted by atomic mass is 16.6. The van der Waals surface area contributed by atoms with Crippen LogP contribution in [0.3, 0.4) is 0 Å². The molecular weight excluding hydrogens is 364 g/mol. The van der Waals surface area contributed by atoms with Gasteiger partial charge in [-0.3, -0.25) is 4.79 Å². The molecule has 1 fully saturated rings. The highest BCUT2D eigenvalue weighted by molar-refractivity contribution is 5.72. The second kappa shape index (κ2) is 9.43. The lowest BCUT2D eigenvalue weighted by molar-refractivity contribution is -0.143. The average molecular weight is 392 g/mol. The molecule has 0 saturated heterocycles. The summed E-state index contributed by atoms with van der Waals surface area (Å²) in [5, 5.41) is 14.7. The smallest absolute Gasteiger partial charge is 0.407 e. The van der Waals surface area contributed by atoms with Crippen LogP contribution in [0.5, 0.6) is 0 Å². The van der Waals surface area contributed by atoms with Crippen LogP contribution in [0.15, 0.2) is 30.3 Å². The number of alkyl carbamates (subject to hydrolysis) is 2. The molecule has 28 heavy (non-hydrogen) atoms. The van der Waals surface area contributed by atoms with Crippen molar-refractivity contribution >= 4 is 18.2 Å². The van der Waals surface area contributed by atoms with Crippen molar-refractivity contribution in [2.24, 2.45) is 5.92 Å². The molecule has 2 amide bonds. The maximum atomic E-state index is 12.2. The van der Waals surface area contributed by atoms with E-state index < -0.39 is 41.8 Å². The number of carbonyl (C=O) groups is 3. The molecule has 3 atom stereocenters.